The predicted molar refractivity (Wildman–Crippen MR) is 146 cm³/mol. The second kappa shape index (κ2) is 17.7. The molecule has 36 heavy (non-hydrogen) atoms. The van der Waals surface area contributed by atoms with Gasteiger partial charge in [-0.05, 0) is 77.6 Å². The maximum absolute atomic E-state index is 13.0. The zero-order valence-corrected chi connectivity index (χ0v) is 23.1. The molecule has 6 nitrogen and oxygen atoms in total. The Morgan fingerprint density at radius 3 is 2.00 bits per heavy atom. The van der Waals surface area contributed by atoms with Crippen LogP contribution in [0.5, 0.6) is 0 Å². The number of hydrogen-bond donors (Lipinski definition) is 1. The number of rotatable bonds is 18. The lowest BCUT2D eigenvalue weighted by atomic mass is 9.97. The van der Waals surface area contributed by atoms with Crippen molar-refractivity contribution in [3.05, 3.63) is 42.0 Å². The van der Waals surface area contributed by atoms with Gasteiger partial charge < -0.3 is 14.8 Å². The maximum atomic E-state index is 13.0. The molecule has 202 valence electrons. The number of esters is 2. The first-order valence-electron chi connectivity index (χ1n) is 13.6. The average Bonchev–Trinajstić information content (AvgIpc) is 2.81. The van der Waals surface area contributed by atoms with Crippen molar-refractivity contribution in [3.8, 4) is 0 Å². The van der Waals surface area contributed by atoms with Gasteiger partial charge in [0.1, 0.15) is 5.60 Å². The molecule has 0 aliphatic carbocycles. The van der Waals surface area contributed by atoms with E-state index in [0.29, 0.717) is 0 Å². The van der Waals surface area contributed by atoms with Crippen LogP contribution >= 0.6 is 0 Å². The zero-order chi connectivity index (χ0) is 26.8. The van der Waals surface area contributed by atoms with Gasteiger partial charge in [0, 0.05) is 17.8 Å². The summed E-state index contributed by atoms with van der Waals surface area (Å²) < 4.78 is 10.2. The number of anilines is 1. The second-order valence-electron chi connectivity index (χ2n) is 10.1. The van der Waals surface area contributed by atoms with Crippen LogP contribution in [0.1, 0.15) is 109 Å². The average molecular weight is 502 g/mol. The first kappa shape index (κ1) is 31.4. The van der Waals surface area contributed by atoms with Crippen LogP contribution in [0.4, 0.5) is 5.69 Å². The van der Waals surface area contributed by atoms with Gasteiger partial charge in [-0.2, -0.15) is 0 Å². The van der Waals surface area contributed by atoms with Crippen molar-refractivity contribution >= 4 is 23.4 Å². The van der Waals surface area contributed by atoms with E-state index in [1.54, 1.807) is 52.0 Å². The van der Waals surface area contributed by atoms with Crippen molar-refractivity contribution in [3.63, 3.8) is 0 Å². The van der Waals surface area contributed by atoms with Gasteiger partial charge in [-0.1, -0.05) is 57.6 Å². The highest BCUT2D eigenvalue weighted by Gasteiger charge is 2.39. The van der Waals surface area contributed by atoms with E-state index < -0.39 is 29.2 Å². The third-order valence-electron chi connectivity index (χ3n) is 5.61. The summed E-state index contributed by atoms with van der Waals surface area (Å²) in [6.07, 6.45) is 17.1. The molecule has 1 N–H and O–H groups in total. The lowest BCUT2D eigenvalue weighted by molar-refractivity contribution is -0.166. The summed E-state index contributed by atoms with van der Waals surface area (Å²) in [7, 11) is 0. The molecule has 0 saturated heterocycles. The number of carbonyl (C=O) groups excluding carboxylic acids is 3. The third-order valence-corrected chi connectivity index (χ3v) is 5.61. The molecule has 1 unspecified atom stereocenters. The molecule has 6 heteroatoms. The third kappa shape index (κ3) is 13.5. The number of hydrogen-bond acceptors (Lipinski definition) is 6. The molecule has 0 aliphatic rings. The molecule has 0 aliphatic heterocycles. The lowest BCUT2D eigenvalue weighted by Gasteiger charge is -2.22. The normalized spacial score (nSPS) is 12.4. The monoisotopic (exact) mass is 501 g/mol. The van der Waals surface area contributed by atoms with Crippen molar-refractivity contribution in [2.75, 3.05) is 18.5 Å². The minimum atomic E-state index is -1.63. The predicted octanol–water partition coefficient (Wildman–Crippen LogP) is 7.28. The molecule has 0 amide bonds. The van der Waals surface area contributed by atoms with Crippen LogP contribution in [0, 0.1) is 5.92 Å². The fraction of sp³-hybridized carbons (Fsp3) is 0.633. The van der Waals surface area contributed by atoms with Gasteiger partial charge in [-0.25, -0.2) is 0 Å². The summed E-state index contributed by atoms with van der Waals surface area (Å²) in [6, 6.07) is 6.79. The number of benzene rings is 1. The van der Waals surface area contributed by atoms with E-state index >= 15 is 0 Å². The Morgan fingerprint density at radius 1 is 0.833 bits per heavy atom. The fourth-order valence-corrected chi connectivity index (χ4v) is 3.72. The fourth-order valence-electron chi connectivity index (χ4n) is 3.72. The van der Waals surface area contributed by atoms with Gasteiger partial charge in [0.15, 0.2) is 5.78 Å². The Hall–Kier alpha value is -2.63. The summed E-state index contributed by atoms with van der Waals surface area (Å²) >= 11 is 0. The molecular formula is C30H47NO5. The lowest BCUT2D eigenvalue weighted by Crippen LogP contribution is -2.38. The molecule has 1 aromatic carbocycles. The minimum absolute atomic E-state index is 0.0720. The van der Waals surface area contributed by atoms with Crippen LogP contribution in [0.3, 0.4) is 0 Å². The molecule has 0 heterocycles. The van der Waals surface area contributed by atoms with Gasteiger partial charge in [0.2, 0.25) is 5.92 Å². The summed E-state index contributed by atoms with van der Waals surface area (Å²) in [5.41, 5.74) is 0.320. The van der Waals surface area contributed by atoms with Gasteiger partial charge in [0.25, 0.3) is 0 Å². The molecule has 0 aromatic heterocycles. The number of Topliss-reactive ketones (excluding diaryl/α,β-unsaturated/α-hetero) is 1. The second-order valence-corrected chi connectivity index (χ2v) is 10.1. The molecule has 0 spiro atoms. The minimum Gasteiger partial charge on any atom is -0.465 e. The van der Waals surface area contributed by atoms with Gasteiger partial charge in [0.05, 0.1) is 6.61 Å². The van der Waals surface area contributed by atoms with E-state index in [4.69, 9.17) is 9.47 Å². The van der Waals surface area contributed by atoms with E-state index in [2.05, 4.69) is 24.4 Å². The van der Waals surface area contributed by atoms with Crippen molar-refractivity contribution in [1.29, 1.82) is 0 Å². The number of nitrogens with one attached hydrogen (secondary N) is 1. The summed E-state index contributed by atoms with van der Waals surface area (Å²) in [4.78, 5) is 37.8. The molecule has 0 saturated carbocycles. The molecule has 0 bridgehead atoms. The van der Waals surface area contributed by atoms with Crippen LogP contribution in [0.2, 0.25) is 0 Å². The van der Waals surface area contributed by atoms with Crippen molar-refractivity contribution < 1.29 is 23.9 Å². The molecule has 1 aromatic rings. The highest BCUT2D eigenvalue weighted by molar-refractivity contribution is 6.20. The SMILES string of the molecule is CCCCCCCCC/C=C/CCCNc1ccc(C(=O)C(C(=O)OCC)C(=O)OC(C)(C)C)cc1. The van der Waals surface area contributed by atoms with E-state index in [0.717, 1.165) is 31.5 Å². The van der Waals surface area contributed by atoms with E-state index in [1.165, 1.54) is 44.9 Å². The largest absolute Gasteiger partial charge is 0.465 e. The number of unbranched alkanes of at least 4 members (excludes halogenated alkanes) is 8. The summed E-state index contributed by atoms with van der Waals surface area (Å²) in [5.74, 6) is -4.04. The molecule has 0 radical (unpaired) electrons. The topological polar surface area (TPSA) is 81.7 Å². The number of ketones is 1. The Kier molecular flexibility index (Phi) is 15.5. The van der Waals surface area contributed by atoms with E-state index in [9.17, 15) is 14.4 Å². The number of carbonyl (C=O) groups is 3. The van der Waals surface area contributed by atoms with Crippen molar-refractivity contribution in [2.45, 2.75) is 104 Å². The molecule has 1 rings (SSSR count). The molecule has 0 fully saturated rings. The van der Waals surface area contributed by atoms with E-state index in [-0.39, 0.29) is 12.2 Å². The van der Waals surface area contributed by atoms with Crippen LogP contribution in [0.15, 0.2) is 36.4 Å². The molecule has 1 atom stereocenters. The standard InChI is InChI=1S/C30H47NO5/c1-6-8-9-10-11-12-13-14-15-16-17-18-23-31-25-21-19-24(20-22-25)27(32)26(28(33)35-7-2)29(34)36-30(3,4)5/h15-16,19-22,26,31H,6-14,17-18,23H2,1-5H3/b16-15+. The maximum Gasteiger partial charge on any atom is 0.328 e. The van der Waals surface area contributed by atoms with Gasteiger partial charge in [-0.3, -0.25) is 14.4 Å². The number of ether oxygens (including phenoxy) is 2. The first-order valence-corrected chi connectivity index (χ1v) is 13.6. The van der Waals surface area contributed by atoms with Crippen molar-refractivity contribution in [1.82, 2.24) is 0 Å². The summed E-state index contributed by atoms with van der Waals surface area (Å²) in [6.45, 7) is 9.82. The van der Waals surface area contributed by atoms with Crippen LogP contribution in [-0.4, -0.2) is 36.5 Å². The van der Waals surface area contributed by atoms with Crippen molar-refractivity contribution in [2.24, 2.45) is 5.92 Å². The van der Waals surface area contributed by atoms with Gasteiger partial charge >= 0.3 is 11.9 Å². The smallest absolute Gasteiger partial charge is 0.328 e. The highest BCUT2D eigenvalue weighted by Crippen LogP contribution is 2.19. The zero-order valence-electron chi connectivity index (χ0n) is 23.1. The van der Waals surface area contributed by atoms with Crippen LogP contribution in [0.25, 0.3) is 0 Å². The Labute approximate surface area is 218 Å². The first-order chi connectivity index (χ1) is 17.2. The van der Waals surface area contributed by atoms with Gasteiger partial charge in [-0.15, -0.1) is 0 Å². The Morgan fingerprint density at radius 2 is 1.42 bits per heavy atom. The van der Waals surface area contributed by atoms with Crippen LogP contribution < -0.4 is 5.32 Å². The Balaban J connectivity index is 2.44. The quantitative estimate of drug-likeness (QED) is 0.0748. The van der Waals surface area contributed by atoms with E-state index in [1.807, 2.05) is 0 Å². The Bertz CT molecular complexity index is 808. The highest BCUT2D eigenvalue weighted by atomic mass is 16.6. The van der Waals surface area contributed by atoms with Crippen LogP contribution in [-0.2, 0) is 19.1 Å². The number of allylic oxidation sites excluding steroid dienone is 2. The molecular weight excluding hydrogens is 454 g/mol. The summed E-state index contributed by atoms with van der Waals surface area (Å²) in [5, 5.41) is 3.34.